The van der Waals surface area contributed by atoms with Crippen LogP contribution < -0.4 is 0 Å². The van der Waals surface area contributed by atoms with E-state index in [1.54, 1.807) is 0 Å². The molecule has 2 unspecified atom stereocenters. The Morgan fingerprint density at radius 2 is 0.424 bits per heavy atom. The van der Waals surface area contributed by atoms with Crippen LogP contribution in [-0.2, 0) is 90.1 Å². The fraction of sp³-hybridized carbons (Fsp3) is 0.964. The van der Waals surface area contributed by atoms with Crippen molar-refractivity contribution in [2.75, 3.05) is 52.9 Å². The van der Waals surface area contributed by atoms with E-state index in [9.17, 15) is 132 Å². The largest absolute Gasteiger partial charge is 0.481 e. The van der Waals surface area contributed by atoms with Crippen molar-refractivity contribution < 1.29 is 213 Å². The first-order valence-electron chi connectivity index (χ1n) is 32.2. The summed E-state index contributed by atoms with van der Waals surface area (Å²) in [7, 11) is 0. The van der Waals surface area contributed by atoms with Gasteiger partial charge >= 0.3 is 11.9 Å². The number of ether oxygens (including phenoxy) is 17. The minimum absolute atomic E-state index is 0.0605. The van der Waals surface area contributed by atoms with Gasteiger partial charge in [-0.05, 0) is 12.8 Å². The van der Waals surface area contributed by atoms with Crippen LogP contribution in [0.25, 0.3) is 0 Å². The highest BCUT2D eigenvalue weighted by atomic mass is 16.8. The van der Waals surface area contributed by atoms with Crippen LogP contribution in [0.1, 0.15) is 25.7 Å². The molecule has 99 heavy (non-hydrogen) atoms. The molecular formula is C56H90O43. The molecule has 43 heteroatoms. The van der Waals surface area contributed by atoms with Crippen LogP contribution in [0.3, 0.4) is 0 Å². The lowest BCUT2D eigenvalue weighted by molar-refractivity contribution is -0.404. The van der Waals surface area contributed by atoms with Crippen LogP contribution in [0.2, 0.25) is 0 Å². The maximum atomic E-state index is 13.7. The molecule has 31 rings (SSSR count). The number of hydrogen-bond donors (Lipinski definition) is 24. The zero-order valence-electron chi connectivity index (χ0n) is 52.2. The molecule has 1 aliphatic carbocycles. The third-order valence-electron chi connectivity index (χ3n) is 19.5. The highest BCUT2D eigenvalue weighted by molar-refractivity contribution is 5.81. The quantitative estimate of drug-likeness (QED) is 0.0854. The van der Waals surface area contributed by atoms with Crippen molar-refractivity contribution in [3.05, 3.63) is 0 Å². The predicted molar refractivity (Wildman–Crippen MR) is 298 cm³/mol. The van der Waals surface area contributed by atoms with E-state index in [1.165, 1.54) is 0 Å². The first-order valence-corrected chi connectivity index (χ1v) is 32.2. The van der Waals surface area contributed by atoms with Crippen molar-refractivity contribution in [3.8, 4) is 0 Å². The zero-order valence-corrected chi connectivity index (χ0v) is 52.2. The van der Waals surface area contributed by atoms with E-state index in [2.05, 4.69) is 0 Å². The van der Waals surface area contributed by atoms with E-state index >= 15 is 0 Å². The molecule has 572 valence electrons. The number of carbonyl (C=O) groups is 2. The summed E-state index contributed by atoms with van der Waals surface area (Å²) in [4.78, 5) is 25.9. The fourth-order valence-corrected chi connectivity index (χ4v) is 13.9. The first kappa shape index (κ1) is 79.0. The summed E-state index contributed by atoms with van der Waals surface area (Å²) in [6.07, 6.45) is -83.4. The van der Waals surface area contributed by atoms with E-state index in [0.29, 0.717) is 12.8 Å². The molecule has 0 aromatic carbocycles. The monoisotopic (exact) mass is 1450 g/mol. The van der Waals surface area contributed by atoms with Gasteiger partial charge in [-0.15, -0.1) is 0 Å². The molecule has 24 N–H and O–H groups in total. The minimum Gasteiger partial charge on any atom is -0.481 e. The van der Waals surface area contributed by atoms with Gasteiger partial charge in [0.1, 0.15) is 202 Å². The number of aliphatic carboxylic acids is 1. The number of aliphatic hydroxyl groups is 23. The number of esters is 1. The van der Waals surface area contributed by atoms with E-state index in [4.69, 9.17) is 80.5 Å². The summed E-state index contributed by atoms with van der Waals surface area (Å²) in [6.45, 7) is -8.84. The Morgan fingerprint density at radius 1 is 0.253 bits per heavy atom. The van der Waals surface area contributed by atoms with Crippen LogP contribution in [0.5, 0.6) is 0 Å². The molecule has 30 saturated heterocycles. The molecule has 31 fully saturated rings. The molecule has 0 spiro atoms. The van der Waals surface area contributed by atoms with Gasteiger partial charge in [0, 0.05) is 0 Å². The second kappa shape index (κ2) is 33.9. The standard InChI is InChI=1S/C56H90O43/c57-5-15-39-23(64)31(72)49(84-15)93-40-16(6-58)86-51(33(74)25(40)66)95-42-18(8-60)88-53(35(76)27(42)68)97-44-20(10-62)90-55(37(78)29(44)70)99-46-22(12-83-48(82)14-4-2-1-3-13(14)47(80)81)91-56(38(79)30(46)71)98-45-21(11-63)89-54(36(77)28(45)69)96-43-19(9-61)87-52(34(75)26(43)67)94-41-17(7-59)85-50(92-39)32(73)24(41)65/h13-46,49-79H,1-12H2,(H,80,81)/t13?,14?,15-,16-,17-,18-,19-,20-,21-,22-,23+,24-,25-,26+,27-,28+,29-,30-,31+,32-,33-,34+,35-,36+,37-,38-,39-,40-,41-,42-,43-,44-,45-,46-,49-,50-,51-,52-,53-,54-,55-,56-/m1/s1. The summed E-state index contributed by atoms with van der Waals surface area (Å²) in [5.41, 5.74) is 0. The SMILES string of the molecule is O=C(O)C1CCCCC1C(=O)OC[C@H]1O[C@@H]2O[C@H]3[C@@H](O)[C@H](O)[C@@H](O[C@H]4[C@@H](O)[C@H](O)[C@@H](O[C@H]5[C@H](O)[C@@H](O)[C@@H](O[C@H]6[C@@H](O)[C@H](O)[C@@H](O[C@H]7[C@H](O)[C@@H](O)[C@@H](O[C@H]8[C@H](O)[C@@H](O)[C@@H](O[C@H]9[C@H](O)[C@@H](O)[C@@H](O[C@H]1[C@H](O)[C@H]2O)O[C@@H]9CO)O[C@@H]8CO)O[C@@H]7CO)O[C@@H]6CO)O[C@@H]5CO)O[C@@H]4CO)O[C@@H]3CO. The van der Waals surface area contributed by atoms with Gasteiger partial charge < -0.3 is 203 Å². The summed E-state index contributed by atoms with van der Waals surface area (Å²) < 4.78 is 97.9. The molecule has 30 heterocycles. The maximum Gasteiger partial charge on any atom is 0.309 e. The summed E-state index contributed by atoms with van der Waals surface area (Å²) in [6, 6.07) is 0. The van der Waals surface area contributed by atoms with Crippen LogP contribution >= 0.6 is 0 Å². The third-order valence-corrected chi connectivity index (χ3v) is 19.5. The van der Waals surface area contributed by atoms with Gasteiger partial charge in [-0.3, -0.25) is 9.59 Å². The van der Waals surface area contributed by atoms with Crippen molar-refractivity contribution in [1.29, 1.82) is 0 Å². The lowest BCUT2D eigenvalue weighted by Crippen LogP contribution is -2.69. The van der Waals surface area contributed by atoms with Gasteiger partial charge in [0.15, 0.2) is 50.3 Å². The first-order chi connectivity index (χ1) is 47.1. The summed E-state index contributed by atoms with van der Waals surface area (Å²) in [5, 5.41) is 268. The van der Waals surface area contributed by atoms with Crippen molar-refractivity contribution in [1.82, 2.24) is 0 Å². The Labute approximate surface area is 559 Å². The highest BCUT2D eigenvalue weighted by Gasteiger charge is 2.61. The average molecular weight is 1450 g/mol. The molecule has 42 atom stereocenters. The van der Waals surface area contributed by atoms with Crippen molar-refractivity contribution >= 4 is 11.9 Å². The van der Waals surface area contributed by atoms with E-state index in [1.807, 2.05) is 0 Å². The third kappa shape index (κ3) is 16.1. The van der Waals surface area contributed by atoms with Gasteiger partial charge in [-0.2, -0.15) is 0 Å². The van der Waals surface area contributed by atoms with Gasteiger partial charge in [-0.25, -0.2) is 0 Å². The van der Waals surface area contributed by atoms with Gasteiger partial charge in [0.25, 0.3) is 0 Å². The number of carboxylic acids is 1. The molecule has 0 aromatic heterocycles. The molecule has 0 aromatic rings. The van der Waals surface area contributed by atoms with Crippen molar-refractivity contribution in [2.45, 2.75) is 271 Å². The van der Waals surface area contributed by atoms with Gasteiger partial charge in [0.2, 0.25) is 0 Å². The molecule has 16 bridgehead atoms. The predicted octanol–water partition coefficient (Wildman–Crippen LogP) is -16.0. The normalized spacial score (nSPS) is 52.8. The second-order valence-corrected chi connectivity index (χ2v) is 25.7. The van der Waals surface area contributed by atoms with E-state index in [-0.39, 0.29) is 12.8 Å². The van der Waals surface area contributed by atoms with Gasteiger partial charge in [-0.1, -0.05) is 12.8 Å². The van der Waals surface area contributed by atoms with Crippen LogP contribution in [0.4, 0.5) is 0 Å². The average Bonchev–Trinajstić information content (AvgIpc) is 0.777. The Hall–Kier alpha value is -2.62. The Kier molecular flexibility index (Phi) is 27.0. The number of aliphatic hydroxyl groups excluding tert-OH is 23. The Balaban J connectivity index is 0.932. The molecule has 1 saturated carbocycles. The number of carboxylic acid groups (broad SMARTS) is 1. The highest BCUT2D eigenvalue weighted by Crippen LogP contribution is 2.41. The van der Waals surface area contributed by atoms with Crippen molar-refractivity contribution in [3.63, 3.8) is 0 Å². The number of rotatable bonds is 11. The molecule has 43 nitrogen and oxygen atoms in total. The molecule has 31 aliphatic rings. The van der Waals surface area contributed by atoms with Crippen LogP contribution in [0, 0.1) is 11.8 Å². The molecule has 0 radical (unpaired) electrons. The van der Waals surface area contributed by atoms with Crippen molar-refractivity contribution in [2.24, 2.45) is 11.8 Å². The lowest BCUT2D eigenvalue weighted by atomic mass is 9.79. The molecule has 0 amide bonds. The minimum atomic E-state index is -2.37. The zero-order chi connectivity index (χ0) is 71.9. The second-order valence-electron chi connectivity index (χ2n) is 25.7. The summed E-state index contributed by atoms with van der Waals surface area (Å²) >= 11 is 0. The molecular weight excluding hydrogens is 1360 g/mol. The topological polar surface area (TPSA) is 677 Å². The van der Waals surface area contributed by atoms with Crippen LogP contribution in [0.15, 0.2) is 0 Å². The Morgan fingerprint density at radius 3 is 0.606 bits per heavy atom. The maximum absolute atomic E-state index is 13.7. The van der Waals surface area contributed by atoms with E-state index < -0.39 is 322 Å². The van der Waals surface area contributed by atoms with Crippen LogP contribution in [-0.4, -0.2) is 433 Å². The number of carbonyl (C=O) groups excluding carboxylic acids is 1. The Bertz CT molecular complexity index is 2540. The number of hydrogen-bond acceptors (Lipinski definition) is 42. The fourth-order valence-electron chi connectivity index (χ4n) is 13.9. The van der Waals surface area contributed by atoms with E-state index in [0.717, 1.165) is 0 Å². The summed E-state index contributed by atoms with van der Waals surface area (Å²) in [5.74, 6) is -4.81. The van der Waals surface area contributed by atoms with Gasteiger partial charge in [0.05, 0.1) is 58.1 Å². The smallest absolute Gasteiger partial charge is 0.309 e. The lowest BCUT2D eigenvalue weighted by Gasteiger charge is -2.50. The molecule has 30 aliphatic heterocycles.